The fraction of sp³-hybridized carbons (Fsp3) is 0.344. The number of aromatic nitrogens is 2. The third-order valence-corrected chi connectivity index (χ3v) is 7.93. The monoisotopic (exact) mass is 494 g/mol. The zero-order valence-electron chi connectivity index (χ0n) is 22.0. The molecule has 1 aliphatic heterocycles. The lowest BCUT2D eigenvalue weighted by Crippen LogP contribution is -2.27. The molecule has 1 unspecified atom stereocenters. The molecule has 37 heavy (non-hydrogen) atoms. The summed E-state index contributed by atoms with van der Waals surface area (Å²) in [5.74, 6) is 1.32. The SMILES string of the molecule is Cc1coc(C)c1-c1cnc2c3ccc(C(C)(C)O)cc3n(C(c3ccccc3)C3CCOCC3)c2c1. The van der Waals surface area contributed by atoms with E-state index in [0.717, 1.165) is 76.0 Å². The van der Waals surface area contributed by atoms with Crippen LogP contribution in [0.4, 0.5) is 0 Å². The fourth-order valence-corrected chi connectivity index (χ4v) is 6.04. The molecule has 4 heterocycles. The van der Waals surface area contributed by atoms with Crippen LogP contribution in [0.1, 0.15) is 55.2 Å². The van der Waals surface area contributed by atoms with Crippen molar-refractivity contribution in [1.82, 2.24) is 9.55 Å². The smallest absolute Gasteiger partial charge is 0.108 e. The molecule has 1 atom stereocenters. The van der Waals surface area contributed by atoms with Gasteiger partial charge in [0, 0.05) is 35.9 Å². The van der Waals surface area contributed by atoms with Crippen LogP contribution >= 0.6 is 0 Å². The molecule has 1 N–H and O–H groups in total. The van der Waals surface area contributed by atoms with E-state index in [1.807, 2.05) is 39.3 Å². The number of hydrogen-bond donors (Lipinski definition) is 1. The van der Waals surface area contributed by atoms with E-state index in [9.17, 15) is 5.11 Å². The van der Waals surface area contributed by atoms with Crippen molar-refractivity contribution in [2.24, 2.45) is 5.92 Å². The molecule has 3 aromatic heterocycles. The Bertz CT molecular complexity index is 1550. The second kappa shape index (κ2) is 9.16. The highest BCUT2D eigenvalue weighted by Crippen LogP contribution is 2.42. The van der Waals surface area contributed by atoms with Crippen LogP contribution in [-0.2, 0) is 10.3 Å². The standard InChI is InChI=1S/C32H34N2O3/c1-20-19-37-21(2)29(20)24-16-28-30(33-18-24)26-11-10-25(32(3,4)35)17-27(26)34(28)31(22-8-6-5-7-9-22)23-12-14-36-15-13-23/h5-11,16-19,23,31,35H,12-15H2,1-4H3. The zero-order chi connectivity index (χ0) is 25.7. The van der Waals surface area contributed by atoms with Crippen LogP contribution in [-0.4, -0.2) is 27.9 Å². The number of ether oxygens (including phenoxy) is 1. The second-order valence-electron chi connectivity index (χ2n) is 10.9. The lowest BCUT2D eigenvalue weighted by Gasteiger charge is -2.33. The summed E-state index contributed by atoms with van der Waals surface area (Å²) in [5, 5.41) is 12.0. The molecule has 190 valence electrons. The van der Waals surface area contributed by atoms with Crippen LogP contribution in [0.3, 0.4) is 0 Å². The maximum atomic E-state index is 10.9. The Labute approximate surface area is 217 Å². The predicted octanol–water partition coefficient (Wildman–Crippen LogP) is 7.31. The number of aryl methyl sites for hydroxylation is 2. The van der Waals surface area contributed by atoms with Gasteiger partial charge < -0.3 is 18.8 Å². The Morgan fingerprint density at radius 1 is 1.00 bits per heavy atom. The van der Waals surface area contributed by atoms with Crippen LogP contribution in [0.15, 0.2) is 71.5 Å². The molecule has 6 rings (SSSR count). The Hall–Kier alpha value is -3.41. The molecule has 1 saturated heterocycles. The van der Waals surface area contributed by atoms with Gasteiger partial charge in [0.25, 0.3) is 0 Å². The van der Waals surface area contributed by atoms with Crippen molar-refractivity contribution in [2.45, 2.75) is 52.2 Å². The third-order valence-electron chi connectivity index (χ3n) is 7.93. The van der Waals surface area contributed by atoms with Crippen molar-refractivity contribution >= 4 is 21.9 Å². The molecule has 0 bridgehead atoms. The first-order valence-corrected chi connectivity index (χ1v) is 13.2. The van der Waals surface area contributed by atoms with E-state index in [-0.39, 0.29) is 6.04 Å². The Morgan fingerprint density at radius 3 is 2.43 bits per heavy atom. The average molecular weight is 495 g/mol. The molecule has 0 spiro atoms. The molecule has 0 radical (unpaired) electrons. The second-order valence-corrected chi connectivity index (χ2v) is 10.9. The van der Waals surface area contributed by atoms with E-state index in [1.165, 1.54) is 5.56 Å². The van der Waals surface area contributed by atoms with Gasteiger partial charge in [-0.05, 0) is 75.3 Å². The number of nitrogens with zero attached hydrogens (tertiary/aromatic N) is 2. The van der Waals surface area contributed by atoms with Crippen molar-refractivity contribution in [2.75, 3.05) is 13.2 Å². The maximum Gasteiger partial charge on any atom is 0.108 e. The Balaban J connectivity index is 1.69. The number of rotatable bonds is 5. The van der Waals surface area contributed by atoms with Gasteiger partial charge in [0.05, 0.1) is 34.5 Å². The van der Waals surface area contributed by atoms with E-state index in [1.54, 1.807) is 0 Å². The maximum absolute atomic E-state index is 10.9. The Kier molecular flexibility index (Phi) is 5.93. The molecule has 2 aromatic carbocycles. The van der Waals surface area contributed by atoms with Gasteiger partial charge in [0.15, 0.2) is 0 Å². The van der Waals surface area contributed by atoms with Gasteiger partial charge in [-0.25, -0.2) is 0 Å². The number of furan rings is 1. The van der Waals surface area contributed by atoms with Gasteiger partial charge in [0.2, 0.25) is 0 Å². The van der Waals surface area contributed by atoms with Gasteiger partial charge in [0.1, 0.15) is 5.76 Å². The topological polar surface area (TPSA) is 60.4 Å². The van der Waals surface area contributed by atoms with E-state index >= 15 is 0 Å². The minimum Gasteiger partial charge on any atom is -0.469 e. The van der Waals surface area contributed by atoms with E-state index in [0.29, 0.717) is 5.92 Å². The first-order chi connectivity index (χ1) is 17.8. The van der Waals surface area contributed by atoms with Crippen molar-refractivity contribution in [3.05, 3.63) is 89.5 Å². The molecular weight excluding hydrogens is 460 g/mol. The molecule has 1 fully saturated rings. The van der Waals surface area contributed by atoms with E-state index in [4.69, 9.17) is 14.1 Å². The van der Waals surface area contributed by atoms with Crippen LogP contribution < -0.4 is 0 Å². The highest BCUT2D eigenvalue weighted by atomic mass is 16.5. The van der Waals surface area contributed by atoms with Gasteiger partial charge in [-0.3, -0.25) is 4.98 Å². The first kappa shape index (κ1) is 24.0. The van der Waals surface area contributed by atoms with E-state index in [2.05, 4.69) is 60.0 Å². The number of pyridine rings is 1. The normalized spacial score (nSPS) is 16.0. The summed E-state index contributed by atoms with van der Waals surface area (Å²) in [6.45, 7) is 9.32. The van der Waals surface area contributed by atoms with Gasteiger partial charge >= 0.3 is 0 Å². The highest BCUT2D eigenvalue weighted by molar-refractivity contribution is 6.07. The average Bonchev–Trinajstić information content (AvgIpc) is 3.40. The summed E-state index contributed by atoms with van der Waals surface area (Å²) in [7, 11) is 0. The van der Waals surface area contributed by atoms with Crippen molar-refractivity contribution in [1.29, 1.82) is 0 Å². The lowest BCUT2D eigenvalue weighted by molar-refractivity contribution is 0.0552. The summed E-state index contributed by atoms with van der Waals surface area (Å²) < 4.78 is 14.0. The van der Waals surface area contributed by atoms with E-state index < -0.39 is 5.60 Å². The number of benzene rings is 2. The van der Waals surface area contributed by atoms with Crippen LogP contribution in [0.2, 0.25) is 0 Å². The Morgan fingerprint density at radius 2 is 1.76 bits per heavy atom. The summed E-state index contributed by atoms with van der Waals surface area (Å²) in [5.41, 5.74) is 7.67. The summed E-state index contributed by atoms with van der Waals surface area (Å²) in [6.07, 6.45) is 5.78. The minimum atomic E-state index is -0.944. The predicted molar refractivity (Wildman–Crippen MR) is 148 cm³/mol. The quantitative estimate of drug-likeness (QED) is 0.278. The molecule has 0 saturated carbocycles. The van der Waals surface area contributed by atoms with Gasteiger partial charge in [-0.2, -0.15) is 0 Å². The largest absolute Gasteiger partial charge is 0.469 e. The molecule has 0 amide bonds. The van der Waals surface area contributed by atoms with Crippen LogP contribution in [0.25, 0.3) is 33.1 Å². The van der Waals surface area contributed by atoms with Crippen LogP contribution in [0.5, 0.6) is 0 Å². The molecule has 5 nitrogen and oxygen atoms in total. The fourth-order valence-electron chi connectivity index (χ4n) is 6.04. The van der Waals surface area contributed by atoms with Gasteiger partial charge in [-0.1, -0.05) is 42.5 Å². The van der Waals surface area contributed by atoms with Crippen molar-refractivity contribution < 1.29 is 14.3 Å². The highest BCUT2D eigenvalue weighted by Gasteiger charge is 2.31. The number of hydrogen-bond acceptors (Lipinski definition) is 4. The summed E-state index contributed by atoms with van der Waals surface area (Å²) >= 11 is 0. The molecular formula is C32H34N2O3. The lowest BCUT2D eigenvalue weighted by atomic mass is 9.86. The zero-order valence-corrected chi connectivity index (χ0v) is 22.0. The van der Waals surface area contributed by atoms with Crippen molar-refractivity contribution in [3.63, 3.8) is 0 Å². The van der Waals surface area contributed by atoms with Crippen molar-refractivity contribution in [3.8, 4) is 11.1 Å². The number of aliphatic hydroxyl groups is 1. The third kappa shape index (κ3) is 4.16. The molecule has 5 heteroatoms. The molecule has 5 aromatic rings. The molecule has 0 aliphatic carbocycles. The minimum absolute atomic E-state index is 0.116. The first-order valence-electron chi connectivity index (χ1n) is 13.2. The van der Waals surface area contributed by atoms with Gasteiger partial charge in [-0.15, -0.1) is 0 Å². The molecule has 1 aliphatic rings. The number of fused-ring (bicyclic) bond motifs is 3. The summed E-state index contributed by atoms with van der Waals surface area (Å²) in [6, 6.07) is 19.5. The summed E-state index contributed by atoms with van der Waals surface area (Å²) in [4.78, 5) is 5.03. The van der Waals surface area contributed by atoms with Crippen LogP contribution in [0, 0.1) is 19.8 Å².